The third-order valence-electron chi connectivity index (χ3n) is 2.55. The summed E-state index contributed by atoms with van der Waals surface area (Å²) in [6.45, 7) is 6.80. The van der Waals surface area contributed by atoms with Gasteiger partial charge in [-0.25, -0.2) is 4.98 Å². The fraction of sp³-hybridized carbons (Fsp3) is 0.538. The molecule has 0 aliphatic carbocycles. The van der Waals surface area contributed by atoms with Crippen LogP contribution in [0, 0.1) is 0 Å². The van der Waals surface area contributed by atoms with Crippen LogP contribution in [0.15, 0.2) is 18.3 Å². The van der Waals surface area contributed by atoms with Gasteiger partial charge >= 0.3 is 0 Å². The van der Waals surface area contributed by atoms with Crippen molar-refractivity contribution in [2.75, 3.05) is 18.5 Å². The van der Waals surface area contributed by atoms with E-state index in [0.29, 0.717) is 24.2 Å². The van der Waals surface area contributed by atoms with E-state index in [2.05, 4.69) is 22.5 Å². The van der Waals surface area contributed by atoms with Gasteiger partial charge in [0.05, 0.1) is 13.2 Å². The van der Waals surface area contributed by atoms with E-state index in [1.54, 1.807) is 18.3 Å². The fourth-order valence-corrected chi connectivity index (χ4v) is 1.34. The molecular weight excluding hydrogens is 230 g/mol. The Balaban J connectivity index is 2.53. The number of amides is 1. The Morgan fingerprint density at radius 1 is 1.50 bits per heavy atom. The van der Waals surface area contributed by atoms with Crippen LogP contribution in [0.2, 0.25) is 0 Å². The SMILES string of the molecule is CCOc1ncccc1NC(=O)CNC(C)CC. The zero-order chi connectivity index (χ0) is 13.4. The Kier molecular flexibility index (Phi) is 6.14. The Morgan fingerprint density at radius 2 is 2.28 bits per heavy atom. The maximum atomic E-state index is 11.7. The topological polar surface area (TPSA) is 63.2 Å². The minimum Gasteiger partial charge on any atom is -0.476 e. The van der Waals surface area contributed by atoms with Gasteiger partial charge in [0.25, 0.3) is 0 Å². The van der Waals surface area contributed by atoms with Crippen molar-refractivity contribution in [1.29, 1.82) is 0 Å². The minimum absolute atomic E-state index is 0.0933. The number of nitrogens with one attached hydrogen (secondary N) is 2. The average Bonchev–Trinajstić information content (AvgIpc) is 2.38. The quantitative estimate of drug-likeness (QED) is 0.775. The van der Waals surface area contributed by atoms with Crippen molar-refractivity contribution in [3.8, 4) is 5.88 Å². The maximum absolute atomic E-state index is 11.7. The van der Waals surface area contributed by atoms with E-state index in [1.807, 2.05) is 13.8 Å². The summed E-state index contributed by atoms with van der Waals surface area (Å²) in [5, 5.41) is 5.92. The number of anilines is 1. The number of pyridine rings is 1. The third-order valence-corrected chi connectivity index (χ3v) is 2.55. The molecule has 0 fully saturated rings. The molecule has 0 aliphatic heterocycles. The second-order valence-electron chi connectivity index (χ2n) is 4.03. The molecule has 1 unspecified atom stereocenters. The molecule has 0 spiro atoms. The van der Waals surface area contributed by atoms with Gasteiger partial charge in [0, 0.05) is 12.2 Å². The van der Waals surface area contributed by atoms with Gasteiger partial charge in [-0.1, -0.05) is 6.92 Å². The van der Waals surface area contributed by atoms with Gasteiger partial charge in [0.2, 0.25) is 11.8 Å². The van der Waals surface area contributed by atoms with E-state index in [9.17, 15) is 4.79 Å². The smallest absolute Gasteiger partial charge is 0.238 e. The molecule has 1 aromatic heterocycles. The summed E-state index contributed by atoms with van der Waals surface area (Å²) in [6, 6.07) is 3.87. The second kappa shape index (κ2) is 7.66. The summed E-state index contributed by atoms with van der Waals surface area (Å²) in [5.41, 5.74) is 0.607. The lowest BCUT2D eigenvalue weighted by molar-refractivity contribution is -0.115. The van der Waals surface area contributed by atoms with Crippen LogP contribution in [-0.2, 0) is 4.79 Å². The maximum Gasteiger partial charge on any atom is 0.238 e. The largest absolute Gasteiger partial charge is 0.476 e. The van der Waals surface area contributed by atoms with Crippen LogP contribution in [0.4, 0.5) is 5.69 Å². The van der Waals surface area contributed by atoms with Gasteiger partial charge in [-0.3, -0.25) is 4.79 Å². The van der Waals surface area contributed by atoms with E-state index >= 15 is 0 Å². The Bertz CT molecular complexity index is 382. The molecule has 0 saturated carbocycles. The van der Waals surface area contributed by atoms with Gasteiger partial charge in [-0.2, -0.15) is 0 Å². The molecule has 0 bridgehead atoms. The molecular formula is C13H21N3O2. The molecule has 100 valence electrons. The number of carbonyl (C=O) groups is 1. The van der Waals surface area contributed by atoms with Gasteiger partial charge in [0.15, 0.2) is 0 Å². The van der Waals surface area contributed by atoms with Gasteiger partial charge in [-0.15, -0.1) is 0 Å². The summed E-state index contributed by atoms with van der Waals surface area (Å²) in [4.78, 5) is 15.8. The molecule has 1 aromatic rings. The van der Waals surface area contributed by atoms with Crippen molar-refractivity contribution < 1.29 is 9.53 Å². The van der Waals surface area contributed by atoms with Crippen molar-refractivity contribution in [3.63, 3.8) is 0 Å². The molecule has 18 heavy (non-hydrogen) atoms. The molecule has 1 heterocycles. The van der Waals surface area contributed by atoms with Crippen molar-refractivity contribution in [1.82, 2.24) is 10.3 Å². The number of rotatable bonds is 7. The highest BCUT2D eigenvalue weighted by Gasteiger charge is 2.09. The van der Waals surface area contributed by atoms with E-state index < -0.39 is 0 Å². The molecule has 0 saturated heterocycles. The molecule has 1 rings (SSSR count). The van der Waals surface area contributed by atoms with Crippen LogP contribution in [0.25, 0.3) is 0 Å². The third kappa shape index (κ3) is 4.71. The molecule has 5 nitrogen and oxygen atoms in total. The average molecular weight is 251 g/mol. The van der Waals surface area contributed by atoms with Crippen LogP contribution in [0.1, 0.15) is 27.2 Å². The fourth-order valence-electron chi connectivity index (χ4n) is 1.34. The standard InChI is InChI=1S/C13H21N3O2/c1-4-10(3)15-9-12(17)16-11-7-6-8-14-13(11)18-5-2/h6-8,10,15H,4-5,9H2,1-3H3,(H,16,17). The minimum atomic E-state index is -0.0933. The van der Waals surface area contributed by atoms with Crippen LogP contribution in [-0.4, -0.2) is 30.1 Å². The molecule has 0 aromatic carbocycles. The lowest BCUT2D eigenvalue weighted by Crippen LogP contribution is -2.34. The van der Waals surface area contributed by atoms with Crippen LogP contribution >= 0.6 is 0 Å². The molecule has 0 aliphatic rings. The molecule has 1 atom stereocenters. The van der Waals surface area contributed by atoms with Crippen molar-refractivity contribution in [2.45, 2.75) is 33.2 Å². The van der Waals surface area contributed by atoms with Crippen molar-refractivity contribution in [3.05, 3.63) is 18.3 Å². The van der Waals surface area contributed by atoms with E-state index in [0.717, 1.165) is 6.42 Å². The first-order valence-electron chi connectivity index (χ1n) is 6.28. The number of nitrogens with zero attached hydrogens (tertiary/aromatic N) is 1. The van der Waals surface area contributed by atoms with Gasteiger partial charge in [0.1, 0.15) is 5.69 Å². The number of carbonyl (C=O) groups excluding carboxylic acids is 1. The molecule has 5 heteroatoms. The van der Waals surface area contributed by atoms with Crippen LogP contribution in [0.5, 0.6) is 5.88 Å². The summed E-state index contributed by atoms with van der Waals surface area (Å²) in [7, 11) is 0. The van der Waals surface area contributed by atoms with Crippen molar-refractivity contribution >= 4 is 11.6 Å². The first-order valence-corrected chi connectivity index (χ1v) is 6.28. The second-order valence-corrected chi connectivity index (χ2v) is 4.03. The van der Waals surface area contributed by atoms with Crippen LogP contribution in [0.3, 0.4) is 0 Å². The lowest BCUT2D eigenvalue weighted by atomic mass is 10.2. The normalized spacial score (nSPS) is 11.9. The van der Waals surface area contributed by atoms with E-state index in [-0.39, 0.29) is 12.5 Å². The monoisotopic (exact) mass is 251 g/mol. The Hall–Kier alpha value is -1.62. The van der Waals surface area contributed by atoms with Gasteiger partial charge < -0.3 is 15.4 Å². The Morgan fingerprint density at radius 3 is 2.94 bits per heavy atom. The molecule has 0 radical (unpaired) electrons. The van der Waals surface area contributed by atoms with Crippen LogP contribution < -0.4 is 15.4 Å². The molecule has 1 amide bonds. The summed E-state index contributed by atoms with van der Waals surface area (Å²) < 4.78 is 5.34. The summed E-state index contributed by atoms with van der Waals surface area (Å²) >= 11 is 0. The zero-order valence-electron chi connectivity index (χ0n) is 11.2. The van der Waals surface area contributed by atoms with E-state index in [4.69, 9.17) is 4.74 Å². The number of aromatic nitrogens is 1. The first kappa shape index (κ1) is 14.4. The highest BCUT2D eigenvalue weighted by molar-refractivity contribution is 5.93. The van der Waals surface area contributed by atoms with Gasteiger partial charge in [-0.05, 0) is 32.4 Å². The number of hydrogen-bond donors (Lipinski definition) is 2. The predicted molar refractivity (Wildman–Crippen MR) is 71.8 cm³/mol. The highest BCUT2D eigenvalue weighted by atomic mass is 16.5. The Labute approximate surface area is 108 Å². The van der Waals surface area contributed by atoms with E-state index in [1.165, 1.54) is 0 Å². The lowest BCUT2D eigenvalue weighted by Gasteiger charge is -2.12. The number of ether oxygens (including phenoxy) is 1. The summed E-state index contributed by atoms with van der Waals surface area (Å²) in [5.74, 6) is 0.362. The van der Waals surface area contributed by atoms with Crippen molar-refractivity contribution in [2.24, 2.45) is 0 Å². The zero-order valence-corrected chi connectivity index (χ0v) is 11.2. The summed E-state index contributed by atoms with van der Waals surface area (Å²) in [6.07, 6.45) is 2.63. The molecule has 2 N–H and O–H groups in total. The predicted octanol–water partition coefficient (Wildman–Crippen LogP) is 1.81. The highest BCUT2D eigenvalue weighted by Crippen LogP contribution is 2.19. The first-order chi connectivity index (χ1) is 8.67. The number of hydrogen-bond acceptors (Lipinski definition) is 4.